The third-order valence-electron chi connectivity index (χ3n) is 5.95. The predicted molar refractivity (Wildman–Crippen MR) is 136 cm³/mol. The lowest BCUT2D eigenvalue weighted by Gasteiger charge is -2.24. The highest BCUT2D eigenvalue weighted by molar-refractivity contribution is 7.22. The molecule has 2 aromatic heterocycles. The number of anilines is 1. The lowest BCUT2D eigenvalue weighted by molar-refractivity contribution is -0.117. The summed E-state index contributed by atoms with van der Waals surface area (Å²) in [5.74, 6) is -0.516. The van der Waals surface area contributed by atoms with Gasteiger partial charge in [0.1, 0.15) is 11.5 Å². The molecular formula is C27H24N2O6S. The first-order chi connectivity index (χ1) is 17.5. The molecule has 1 N–H and O–H groups in total. The Morgan fingerprint density at radius 2 is 1.94 bits per heavy atom. The summed E-state index contributed by atoms with van der Waals surface area (Å²) in [5.41, 5.74) is 1.24. The number of ether oxygens (including phenoxy) is 2. The number of unbranched alkanes of at least 4 members (excludes halogenated alkanes) is 1. The molecule has 1 unspecified atom stereocenters. The molecule has 8 nitrogen and oxygen atoms in total. The Balaban J connectivity index is 1.58. The fourth-order valence-corrected chi connectivity index (χ4v) is 5.11. The number of hydrogen-bond acceptors (Lipinski definition) is 8. The molecule has 184 valence electrons. The minimum absolute atomic E-state index is 0.0322. The molecule has 1 aliphatic rings. The Kier molecular flexibility index (Phi) is 6.47. The largest absolute Gasteiger partial charge is 0.503 e. The number of nitrogens with zero attached hydrogens (tertiary/aromatic N) is 2. The number of rotatable bonds is 9. The summed E-state index contributed by atoms with van der Waals surface area (Å²) in [6, 6.07) is 14.8. The van der Waals surface area contributed by atoms with E-state index in [2.05, 4.69) is 11.9 Å². The van der Waals surface area contributed by atoms with Crippen LogP contribution in [0.2, 0.25) is 0 Å². The van der Waals surface area contributed by atoms with Gasteiger partial charge in [0, 0.05) is 0 Å². The van der Waals surface area contributed by atoms with Crippen LogP contribution in [0.5, 0.6) is 11.5 Å². The molecule has 1 aliphatic heterocycles. The fourth-order valence-electron chi connectivity index (χ4n) is 4.09. The van der Waals surface area contributed by atoms with E-state index in [1.807, 2.05) is 6.07 Å². The number of Topliss-reactive ketones (excluding diaryl/α,β-unsaturated/α-hetero) is 1. The van der Waals surface area contributed by atoms with Crippen LogP contribution in [0.15, 0.2) is 76.6 Å². The first-order valence-corrected chi connectivity index (χ1v) is 12.4. The monoisotopic (exact) mass is 504 g/mol. The first kappa shape index (κ1) is 23.6. The highest BCUT2D eigenvalue weighted by atomic mass is 32.1. The number of benzene rings is 2. The SMILES string of the molecule is CCCCOc1ccc(C2C(C(=O)c3ccco3)=C(O)C(=O)N2c2nc3ccc(OC)cc3s2)cc1. The lowest BCUT2D eigenvalue weighted by atomic mass is 9.95. The van der Waals surface area contributed by atoms with Crippen molar-refractivity contribution in [2.24, 2.45) is 0 Å². The summed E-state index contributed by atoms with van der Waals surface area (Å²) in [4.78, 5) is 32.7. The highest BCUT2D eigenvalue weighted by Crippen LogP contribution is 2.44. The van der Waals surface area contributed by atoms with Crippen molar-refractivity contribution in [3.8, 4) is 11.5 Å². The number of hydrogen-bond donors (Lipinski definition) is 1. The van der Waals surface area contributed by atoms with Gasteiger partial charge in [0.2, 0.25) is 5.78 Å². The second-order valence-corrected chi connectivity index (χ2v) is 9.26. The number of fused-ring (bicyclic) bond motifs is 1. The summed E-state index contributed by atoms with van der Waals surface area (Å²) < 4.78 is 17.2. The summed E-state index contributed by atoms with van der Waals surface area (Å²) in [6.45, 7) is 2.69. The van der Waals surface area contributed by atoms with Crippen molar-refractivity contribution in [1.29, 1.82) is 0 Å². The van der Waals surface area contributed by atoms with Crippen LogP contribution in [0.1, 0.15) is 41.9 Å². The predicted octanol–water partition coefficient (Wildman–Crippen LogP) is 5.86. The van der Waals surface area contributed by atoms with Crippen molar-refractivity contribution in [1.82, 2.24) is 4.98 Å². The number of aromatic nitrogens is 1. The van der Waals surface area contributed by atoms with Gasteiger partial charge in [-0.25, -0.2) is 4.98 Å². The molecule has 0 saturated heterocycles. The van der Waals surface area contributed by atoms with E-state index in [-0.39, 0.29) is 11.3 Å². The van der Waals surface area contributed by atoms with Gasteiger partial charge in [-0.2, -0.15) is 0 Å². The number of carbonyl (C=O) groups excluding carboxylic acids is 2. The van der Waals surface area contributed by atoms with Gasteiger partial charge < -0.3 is 19.0 Å². The molecule has 0 radical (unpaired) electrons. The Hall–Kier alpha value is -4.11. The molecule has 1 amide bonds. The van der Waals surface area contributed by atoms with E-state index in [1.165, 1.54) is 28.6 Å². The van der Waals surface area contributed by atoms with Crippen LogP contribution in [-0.2, 0) is 4.79 Å². The van der Waals surface area contributed by atoms with E-state index in [0.717, 1.165) is 17.5 Å². The Bertz CT molecular complexity index is 1440. The molecule has 0 bridgehead atoms. The molecule has 0 saturated carbocycles. The van der Waals surface area contributed by atoms with Gasteiger partial charge >= 0.3 is 0 Å². The molecule has 3 heterocycles. The van der Waals surface area contributed by atoms with Crippen LogP contribution in [0, 0.1) is 0 Å². The molecular weight excluding hydrogens is 480 g/mol. The second-order valence-electron chi connectivity index (χ2n) is 8.25. The number of thiazole rings is 1. The Labute approximate surface area is 211 Å². The first-order valence-electron chi connectivity index (χ1n) is 11.5. The topological polar surface area (TPSA) is 102 Å². The molecule has 9 heteroatoms. The number of amides is 1. The van der Waals surface area contributed by atoms with Crippen molar-refractivity contribution in [3.63, 3.8) is 0 Å². The van der Waals surface area contributed by atoms with Gasteiger partial charge in [-0.3, -0.25) is 14.5 Å². The molecule has 0 aliphatic carbocycles. The number of carbonyl (C=O) groups is 2. The maximum absolute atomic E-state index is 13.4. The average molecular weight is 505 g/mol. The van der Waals surface area contributed by atoms with Gasteiger partial charge in [0.05, 0.1) is 41.8 Å². The van der Waals surface area contributed by atoms with Crippen molar-refractivity contribution in [2.45, 2.75) is 25.8 Å². The Morgan fingerprint density at radius 3 is 2.64 bits per heavy atom. The van der Waals surface area contributed by atoms with E-state index < -0.39 is 23.5 Å². The molecule has 1 atom stereocenters. The number of aliphatic hydroxyl groups is 1. The van der Waals surface area contributed by atoms with Crippen LogP contribution < -0.4 is 14.4 Å². The van der Waals surface area contributed by atoms with Crippen molar-refractivity contribution < 1.29 is 28.6 Å². The lowest BCUT2D eigenvalue weighted by Crippen LogP contribution is -2.30. The van der Waals surface area contributed by atoms with Crippen LogP contribution >= 0.6 is 11.3 Å². The minimum Gasteiger partial charge on any atom is -0.503 e. The van der Waals surface area contributed by atoms with E-state index in [9.17, 15) is 14.7 Å². The minimum atomic E-state index is -0.901. The Morgan fingerprint density at radius 1 is 1.17 bits per heavy atom. The summed E-state index contributed by atoms with van der Waals surface area (Å²) >= 11 is 1.27. The van der Waals surface area contributed by atoms with E-state index in [1.54, 1.807) is 49.6 Å². The van der Waals surface area contributed by atoms with E-state index in [0.29, 0.717) is 34.3 Å². The second kappa shape index (κ2) is 9.87. The molecule has 36 heavy (non-hydrogen) atoms. The van der Waals surface area contributed by atoms with E-state index >= 15 is 0 Å². The van der Waals surface area contributed by atoms with Crippen LogP contribution in [0.4, 0.5) is 5.13 Å². The zero-order chi connectivity index (χ0) is 25.2. The van der Waals surface area contributed by atoms with Crippen LogP contribution in [-0.4, -0.2) is 35.5 Å². The number of aliphatic hydroxyl groups excluding tert-OH is 1. The number of furan rings is 1. The summed E-state index contributed by atoms with van der Waals surface area (Å²) in [6.07, 6.45) is 3.33. The van der Waals surface area contributed by atoms with Crippen LogP contribution in [0.25, 0.3) is 10.2 Å². The highest BCUT2D eigenvalue weighted by Gasteiger charge is 2.46. The van der Waals surface area contributed by atoms with Gasteiger partial charge in [0.15, 0.2) is 16.7 Å². The van der Waals surface area contributed by atoms with E-state index in [4.69, 9.17) is 13.9 Å². The zero-order valence-corrected chi connectivity index (χ0v) is 20.6. The van der Waals surface area contributed by atoms with Crippen LogP contribution in [0.3, 0.4) is 0 Å². The maximum Gasteiger partial charge on any atom is 0.296 e. The standard InChI is InChI=1S/C27H24N2O6S/c1-3-4-13-34-17-9-7-16(8-10-17)23-22(24(30)20-6-5-14-35-20)25(31)26(32)29(23)27-28-19-12-11-18(33-2)15-21(19)36-27/h5-12,14-15,23,31H,3-4,13H2,1-2H3. The number of ketones is 1. The quantitative estimate of drug-likeness (QED) is 0.225. The summed E-state index contributed by atoms with van der Waals surface area (Å²) in [7, 11) is 1.58. The third kappa shape index (κ3) is 4.22. The molecule has 5 rings (SSSR count). The average Bonchev–Trinajstić information content (AvgIpc) is 3.63. The van der Waals surface area contributed by atoms with Crippen molar-refractivity contribution >= 4 is 38.4 Å². The smallest absolute Gasteiger partial charge is 0.296 e. The van der Waals surface area contributed by atoms with Gasteiger partial charge in [-0.05, 0) is 54.4 Å². The maximum atomic E-state index is 13.4. The zero-order valence-electron chi connectivity index (χ0n) is 19.8. The van der Waals surface area contributed by atoms with Crippen molar-refractivity contribution in [3.05, 3.63) is 83.5 Å². The normalized spacial score (nSPS) is 15.7. The van der Waals surface area contributed by atoms with Gasteiger partial charge in [0.25, 0.3) is 5.91 Å². The summed E-state index contributed by atoms with van der Waals surface area (Å²) in [5, 5.41) is 11.3. The number of methoxy groups -OCH3 is 1. The molecule has 0 fully saturated rings. The molecule has 4 aromatic rings. The molecule has 0 spiro atoms. The fraction of sp³-hybridized carbons (Fsp3) is 0.222. The van der Waals surface area contributed by atoms with Crippen molar-refractivity contribution in [2.75, 3.05) is 18.6 Å². The van der Waals surface area contributed by atoms with Gasteiger partial charge in [-0.1, -0.05) is 36.8 Å². The third-order valence-corrected chi connectivity index (χ3v) is 6.97. The molecule has 2 aromatic carbocycles. The van der Waals surface area contributed by atoms with Gasteiger partial charge in [-0.15, -0.1) is 0 Å².